The first-order valence-electron chi connectivity index (χ1n) is 3.86. The Kier molecular flexibility index (Phi) is 5.07. The van der Waals surface area contributed by atoms with Crippen molar-refractivity contribution in [3.05, 3.63) is 0 Å². The number of halogens is 1. The Balaban J connectivity index is 4.28. The van der Waals surface area contributed by atoms with Crippen LogP contribution in [0.2, 0.25) is 0 Å². The molecule has 0 heterocycles. The van der Waals surface area contributed by atoms with Gasteiger partial charge in [0.2, 0.25) is 0 Å². The molecular formula is C7H13ClN2O4. The Morgan fingerprint density at radius 3 is 2.07 bits per heavy atom. The predicted molar refractivity (Wildman–Crippen MR) is 51.0 cm³/mol. The summed E-state index contributed by atoms with van der Waals surface area (Å²) in [6, 6.07) is -0.532. The number of hydrogen-bond acceptors (Lipinski definition) is 2. The molecule has 0 aromatic rings. The number of alkyl halides is 1. The van der Waals surface area contributed by atoms with Crippen LogP contribution in [0.25, 0.3) is 0 Å². The zero-order valence-corrected chi connectivity index (χ0v) is 8.73. The van der Waals surface area contributed by atoms with E-state index < -0.39 is 18.2 Å². The summed E-state index contributed by atoms with van der Waals surface area (Å²) >= 11 is 5.53. The zero-order valence-electron chi connectivity index (χ0n) is 7.97. The molecule has 0 bridgehead atoms. The highest BCUT2D eigenvalue weighted by Gasteiger charge is 2.21. The van der Waals surface area contributed by atoms with Crippen LogP contribution in [-0.4, -0.2) is 64.8 Å². The summed E-state index contributed by atoms with van der Waals surface area (Å²) in [6.07, 6.45) is -2.24. The molecule has 2 amide bonds. The maximum absolute atomic E-state index is 10.6. The summed E-state index contributed by atoms with van der Waals surface area (Å²) in [5.41, 5.74) is 0. The topological polar surface area (TPSA) is 81.1 Å². The largest absolute Gasteiger partial charge is 0.465 e. The minimum absolute atomic E-state index is 0.0560. The molecule has 0 spiro atoms. The van der Waals surface area contributed by atoms with Gasteiger partial charge in [-0.2, -0.15) is 0 Å². The van der Waals surface area contributed by atoms with Crippen molar-refractivity contribution < 1.29 is 19.8 Å². The lowest BCUT2D eigenvalue weighted by Crippen LogP contribution is -2.45. The molecule has 2 N–H and O–H groups in total. The standard InChI is InChI=1S/C7H13ClN2O4/c1-9(6(11)12)4-5(3-8)10(2)7(13)14/h5H,3-4H2,1-2H3,(H,11,12)(H,13,14). The van der Waals surface area contributed by atoms with Crippen molar-refractivity contribution in [2.24, 2.45) is 0 Å². The summed E-state index contributed by atoms with van der Waals surface area (Å²) in [7, 11) is 2.71. The van der Waals surface area contributed by atoms with Crippen molar-refractivity contribution in [2.75, 3.05) is 26.5 Å². The summed E-state index contributed by atoms with van der Waals surface area (Å²) in [4.78, 5) is 23.0. The first-order chi connectivity index (χ1) is 6.40. The van der Waals surface area contributed by atoms with Crippen molar-refractivity contribution >= 4 is 23.8 Å². The van der Waals surface area contributed by atoms with Crippen LogP contribution in [0.4, 0.5) is 9.59 Å². The fourth-order valence-corrected chi connectivity index (χ4v) is 1.13. The van der Waals surface area contributed by atoms with E-state index in [1.165, 1.54) is 14.1 Å². The van der Waals surface area contributed by atoms with E-state index in [9.17, 15) is 9.59 Å². The number of hydrogen-bond donors (Lipinski definition) is 2. The molecule has 0 aliphatic rings. The lowest BCUT2D eigenvalue weighted by molar-refractivity contribution is 0.120. The van der Waals surface area contributed by atoms with Crippen molar-refractivity contribution in [3.63, 3.8) is 0 Å². The van der Waals surface area contributed by atoms with Crippen LogP contribution in [0.15, 0.2) is 0 Å². The Morgan fingerprint density at radius 1 is 1.29 bits per heavy atom. The molecule has 82 valence electrons. The molecule has 0 aromatic carbocycles. The molecule has 7 heteroatoms. The van der Waals surface area contributed by atoms with Gasteiger partial charge in [-0.15, -0.1) is 11.6 Å². The van der Waals surface area contributed by atoms with E-state index in [-0.39, 0.29) is 12.4 Å². The van der Waals surface area contributed by atoms with Crippen molar-refractivity contribution in [3.8, 4) is 0 Å². The van der Waals surface area contributed by atoms with E-state index >= 15 is 0 Å². The average Bonchev–Trinajstić information content (AvgIpc) is 2.12. The summed E-state index contributed by atoms with van der Waals surface area (Å²) in [5.74, 6) is 0.0560. The monoisotopic (exact) mass is 224 g/mol. The van der Waals surface area contributed by atoms with E-state index in [2.05, 4.69) is 0 Å². The molecule has 0 fully saturated rings. The Labute approximate surface area is 86.7 Å². The average molecular weight is 225 g/mol. The number of nitrogens with zero attached hydrogens (tertiary/aromatic N) is 2. The van der Waals surface area contributed by atoms with E-state index in [0.29, 0.717) is 0 Å². The SMILES string of the molecule is CN(CC(CCl)N(C)C(=O)O)C(=O)O. The molecule has 0 rings (SSSR count). The van der Waals surface area contributed by atoms with E-state index in [1.54, 1.807) is 0 Å². The van der Waals surface area contributed by atoms with Crippen LogP contribution in [-0.2, 0) is 0 Å². The summed E-state index contributed by atoms with van der Waals surface area (Å²) in [5, 5.41) is 17.2. The first-order valence-corrected chi connectivity index (χ1v) is 4.39. The Morgan fingerprint density at radius 2 is 1.79 bits per heavy atom. The molecule has 0 aliphatic heterocycles. The van der Waals surface area contributed by atoms with Crippen LogP contribution in [0.5, 0.6) is 0 Å². The van der Waals surface area contributed by atoms with Gasteiger partial charge >= 0.3 is 12.2 Å². The molecular weight excluding hydrogens is 212 g/mol. The normalized spacial score (nSPS) is 11.9. The highest BCUT2D eigenvalue weighted by Crippen LogP contribution is 2.02. The third kappa shape index (κ3) is 3.69. The van der Waals surface area contributed by atoms with E-state index in [4.69, 9.17) is 21.8 Å². The van der Waals surface area contributed by atoms with Gasteiger partial charge in [-0.05, 0) is 0 Å². The van der Waals surface area contributed by atoms with Crippen LogP contribution in [0.1, 0.15) is 0 Å². The van der Waals surface area contributed by atoms with Crippen LogP contribution >= 0.6 is 11.6 Å². The summed E-state index contributed by atoms with van der Waals surface area (Å²) < 4.78 is 0. The quantitative estimate of drug-likeness (QED) is 0.693. The molecule has 0 aromatic heterocycles. The van der Waals surface area contributed by atoms with Crippen LogP contribution in [0, 0.1) is 0 Å². The Bertz CT molecular complexity index is 224. The second-order valence-corrected chi connectivity index (χ2v) is 3.17. The molecule has 0 aliphatic carbocycles. The molecule has 14 heavy (non-hydrogen) atoms. The van der Waals surface area contributed by atoms with Gasteiger partial charge in [0.1, 0.15) is 0 Å². The van der Waals surface area contributed by atoms with Gasteiger partial charge in [0.15, 0.2) is 0 Å². The minimum atomic E-state index is -1.13. The van der Waals surface area contributed by atoms with Crippen LogP contribution in [0.3, 0.4) is 0 Å². The van der Waals surface area contributed by atoms with E-state index in [1.807, 2.05) is 0 Å². The molecule has 1 atom stereocenters. The van der Waals surface area contributed by atoms with Gasteiger partial charge in [-0.1, -0.05) is 0 Å². The zero-order chi connectivity index (χ0) is 11.3. The van der Waals surface area contributed by atoms with Crippen molar-refractivity contribution in [1.82, 2.24) is 9.80 Å². The predicted octanol–water partition coefficient (Wildman–Crippen LogP) is 0.813. The number of amides is 2. The van der Waals surface area contributed by atoms with Gasteiger partial charge in [0, 0.05) is 26.5 Å². The minimum Gasteiger partial charge on any atom is -0.465 e. The maximum atomic E-state index is 10.6. The van der Waals surface area contributed by atoms with Crippen molar-refractivity contribution in [1.29, 1.82) is 0 Å². The van der Waals surface area contributed by atoms with Gasteiger partial charge < -0.3 is 20.0 Å². The molecule has 1 unspecified atom stereocenters. The number of rotatable bonds is 4. The fourth-order valence-electron chi connectivity index (χ4n) is 0.825. The van der Waals surface area contributed by atoms with Gasteiger partial charge in [0.05, 0.1) is 6.04 Å². The fraction of sp³-hybridized carbons (Fsp3) is 0.714. The van der Waals surface area contributed by atoms with Gasteiger partial charge in [-0.3, -0.25) is 0 Å². The maximum Gasteiger partial charge on any atom is 0.407 e. The van der Waals surface area contributed by atoms with Crippen LogP contribution < -0.4 is 0 Å². The number of carboxylic acid groups (broad SMARTS) is 2. The van der Waals surface area contributed by atoms with Gasteiger partial charge in [0.25, 0.3) is 0 Å². The molecule has 6 nitrogen and oxygen atoms in total. The third-order valence-corrected chi connectivity index (χ3v) is 2.19. The molecule has 0 saturated heterocycles. The third-order valence-electron chi connectivity index (χ3n) is 1.84. The van der Waals surface area contributed by atoms with Gasteiger partial charge in [-0.25, -0.2) is 9.59 Å². The number of carbonyl (C=O) groups is 2. The lowest BCUT2D eigenvalue weighted by atomic mass is 10.3. The molecule has 0 radical (unpaired) electrons. The summed E-state index contributed by atoms with van der Waals surface area (Å²) in [6.45, 7) is 0.0572. The lowest BCUT2D eigenvalue weighted by Gasteiger charge is -2.26. The number of likely N-dealkylation sites (N-methyl/N-ethyl adjacent to an activating group) is 2. The van der Waals surface area contributed by atoms with Crippen molar-refractivity contribution in [2.45, 2.75) is 6.04 Å². The molecule has 0 saturated carbocycles. The first kappa shape index (κ1) is 12.8. The smallest absolute Gasteiger partial charge is 0.407 e. The van der Waals surface area contributed by atoms with E-state index in [0.717, 1.165) is 9.80 Å². The Hall–Kier alpha value is -1.17. The highest BCUT2D eigenvalue weighted by atomic mass is 35.5. The second-order valence-electron chi connectivity index (χ2n) is 2.86. The second kappa shape index (κ2) is 5.54. The highest BCUT2D eigenvalue weighted by molar-refractivity contribution is 6.18.